The van der Waals surface area contributed by atoms with Gasteiger partial charge in [0, 0.05) is 33.6 Å². The molecule has 8 heteroatoms. The van der Waals surface area contributed by atoms with Crippen LogP contribution in [0.4, 0.5) is 11.4 Å². The Balaban J connectivity index is 1.55. The molecule has 4 aromatic carbocycles. The standard InChI is InChI=1S/C28H24N6O2/c29-23-15-11-21(12-16-23)25(19-7-3-1-4-8-19)31-33-27(35)28(36)34-32-26(20-9-5-2-6-10-20)22-13-17-24(30)18-14-22/h1-18H,29-30H2,(H,33,35)(H,34,36)/b31-25+,32-26+. The molecule has 0 unspecified atom stereocenters. The molecular weight excluding hydrogens is 452 g/mol. The lowest BCUT2D eigenvalue weighted by Crippen LogP contribution is -2.36. The Kier molecular flexibility index (Phi) is 7.47. The van der Waals surface area contributed by atoms with Gasteiger partial charge in [0.25, 0.3) is 0 Å². The van der Waals surface area contributed by atoms with Gasteiger partial charge in [-0.15, -0.1) is 0 Å². The average Bonchev–Trinajstić information content (AvgIpc) is 2.92. The first-order valence-electron chi connectivity index (χ1n) is 11.1. The number of nitrogen functional groups attached to an aromatic ring is 2. The number of nitrogens with one attached hydrogen (secondary N) is 2. The molecule has 178 valence electrons. The Labute approximate surface area is 208 Å². The van der Waals surface area contributed by atoms with Crippen molar-refractivity contribution in [2.24, 2.45) is 10.2 Å². The molecular formula is C28H24N6O2. The number of hydrazone groups is 2. The Morgan fingerprint density at radius 3 is 1.11 bits per heavy atom. The van der Waals surface area contributed by atoms with Gasteiger partial charge in [-0.3, -0.25) is 9.59 Å². The van der Waals surface area contributed by atoms with Crippen LogP contribution in [0.1, 0.15) is 22.3 Å². The number of nitrogens with zero attached hydrogens (tertiary/aromatic N) is 2. The molecule has 0 aromatic heterocycles. The maximum absolute atomic E-state index is 12.6. The molecule has 0 saturated carbocycles. The first-order chi connectivity index (χ1) is 17.5. The van der Waals surface area contributed by atoms with Gasteiger partial charge in [-0.1, -0.05) is 84.9 Å². The number of amides is 2. The second-order valence-electron chi connectivity index (χ2n) is 7.78. The van der Waals surface area contributed by atoms with Gasteiger partial charge < -0.3 is 11.5 Å². The first-order valence-corrected chi connectivity index (χ1v) is 11.1. The minimum atomic E-state index is -0.965. The van der Waals surface area contributed by atoms with Crippen LogP contribution in [-0.2, 0) is 9.59 Å². The van der Waals surface area contributed by atoms with Crippen molar-refractivity contribution in [1.29, 1.82) is 0 Å². The van der Waals surface area contributed by atoms with Crippen molar-refractivity contribution < 1.29 is 9.59 Å². The van der Waals surface area contributed by atoms with Crippen molar-refractivity contribution in [3.05, 3.63) is 131 Å². The maximum Gasteiger partial charge on any atom is 0.331 e. The van der Waals surface area contributed by atoms with Gasteiger partial charge in [-0.25, -0.2) is 10.9 Å². The molecule has 0 aliphatic heterocycles. The monoisotopic (exact) mass is 476 g/mol. The van der Waals surface area contributed by atoms with E-state index in [1.165, 1.54) is 0 Å². The van der Waals surface area contributed by atoms with Crippen LogP contribution in [0.3, 0.4) is 0 Å². The number of carbonyl (C=O) groups is 2. The molecule has 4 rings (SSSR count). The summed E-state index contributed by atoms with van der Waals surface area (Å²) in [6.45, 7) is 0. The second-order valence-corrected chi connectivity index (χ2v) is 7.78. The van der Waals surface area contributed by atoms with Crippen molar-refractivity contribution in [2.75, 3.05) is 11.5 Å². The number of rotatable bonds is 6. The molecule has 8 nitrogen and oxygen atoms in total. The maximum atomic E-state index is 12.6. The highest BCUT2D eigenvalue weighted by molar-refractivity contribution is 6.35. The van der Waals surface area contributed by atoms with Crippen LogP contribution in [-0.4, -0.2) is 23.2 Å². The van der Waals surface area contributed by atoms with Gasteiger partial charge in [-0.05, 0) is 24.3 Å². The van der Waals surface area contributed by atoms with E-state index in [9.17, 15) is 9.59 Å². The third-order valence-corrected chi connectivity index (χ3v) is 5.21. The molecule has 6 N–H and O–H groups in total. The highest BCUT2D eigenvalue weighted by Gasteiger charge is 2.15. The van der Waals surface area contributed by atoms with E-state index in [4.69, 9.17) is 11.5 Å². The van der Waals surface area contributed by atoms with E-state index in [0.717, 1.165) is 22.3 Å². The van der Waals surface area contributed by atoms with E-state index >= 15 is 0 Å². The second kappa shape index (κ2) is 11.3. The number of hydrogen-bond acceptors (Lipinski definition) is 6. The molecule has 0 aliphatic rings. The lowest BCUT2D eigenvalue weighted by atomic mass is 10.0. The largest absolute Gasteiger partial charge is 0.399 e. The molecule has 0 fully saturated rings. The zero-order valence-corrected chi connectivity index (χ0v) is 19.3. The van der Waals surface area contributed by atoms with Crippen LogP contribution < -0.4 is 22.3 Å². The van der Waals surface area contributed by atoms with Crippen LogP contribution in [0.2, 0.25) is 0 Å². The molecule has 0 bridgehead atoms. The summed E-state index contributed by atoms with van der Waals surface area (Å²) < 4.78 is 0. The fraction of sp³-hybridized carbons (Fsp3) is 0. The van der Waals surface area contributed by atoms with Crippen molar-refractivity contribution in [2.45, 2.75) is 0 Å². The number of nitrogens with two attached hydrogens (primary N) is 2. The van der Waals surface area contributed by atoms with Gasteiger partial charge >= 0.3 is 11.8 Å². The fourth-order valence-corrected chi connectivity index (χ4v) is 3.38. The molecule has 0 aliphatic carbocycles. The summed E-state index contributed by atoms with van der Waals surface area (Å²) in [4.78, 5) is 25.1. The van der Waals surface area contributed by atoms with Crippen LogP contribution in [0.5, 0.6) is 0 Å². The van der Waals surface area contributed by atoms with Crippen molar-refractivity contribution >= 4 is 34.6 Å². The zero-order valence-electron chi connectivity index (χ0n) is 19.3. The summed E-state index contributed by atoms with van der Waals surface area (Å²) >= 11 is 0. The van der Waals surface area contributed by atoms with E-state index in [1.807, 2.05) is 60.7 Å². The number of benzene rings is 4. The Morgan fingerprint density at radius 1 is 0.472 bits per heavy atom. The minimum Gasteiger partial charge on any atom is -0.399 e. The highest BCUT2D eigenvalue weighted by atomic mass is 16.2. The quantitative estimate of drug-likeness (QED) is 0.147. The Hall–Kier alpha value is -5.24. The van der Waals surface area contributed by atoms with E-state index in [2.05, 4.69) is 21.1 Å². The summed E-state index contributed by atoms with van der Waals surface area (Å²) in [6, 6.07) is 32.7. The third-order valence-electron chi connectivity index (χ3n) is 5.21. The first kappa shape index (κ1) is 23.9. The normalized spacial score (nSPS) is 11.6. The summed E-state index contributed by atoms with van der Waals surface area (Å²) in [5.41, 5.74) is 21.4. The lowest BCUT2D eigenvalue weighted by molar-refractivity contribution is -0.139. The Morgan fingerprint density at radius 2 is 0.778 bits per heavy atom. The van der Waals surface area contributed by atoms with E-state index in [1.54, 1.807) is 48.5 Å². The van der Waals surface area contributed by atoms with E-state index in [0.29, 0.717) is 22.8 Å². The molecule has 0 spiro atoms. The average molecular weight is 477 g/mol. The fourth-order valence-electron chi connectivity index (χ4n) is 3.38. The number of hydrogen-bond donors (Lipinski definition) is 4. The SMILES string of the molecule is Nc1ccc(/C(=N/NC(=O)C(=O)N/N=C(\c2ccccc2)c2ccc(N)cc2)c2ccccc2)cc1. The molecule has 2 amide bonds. The van der Waals surface area contributed by atoms with Gasteiger partial charge in [-0.2, -0.15) is 10.2 Å². The van der Waals surface area contributed by atoms with Crippen LogP contribution in [0.25, 0.3) is 0 Å². The summed E-state index contributed by atoms with van der Waals surface area (Å²) in [5, 5.41) is 8.44. The predicted molar refractivity (Wildman–Crippen MR) is 142 cm³/mol. The summed E-state index contributed by atoms with van der Waals surface area (Å²) in [7, 11) is 0. The highest BCUT2D eigenvalue weighted by Crippen LogP contribution is 2.14. The van der Waals surface area contributed by atoms with Gasteiger partial charge in [0.05, 0.1) is 11.4 Å². The lowest BCUT2D eigenvalue weighted by Gasteiger charge is -2.09. The van der Waals surface area contributed by atoms with Crippen molar-refractivity contribution in [3.63, 3.8) is 0 Å². The van der Waals surface area contributed by atoms with Gasteiger partial charge in [0.15, 0.2) is 0 Å². The predicted octanol–water partition coefficient (Wildman–Crippen LogP) is 3.29. The molecule has 0 radical (unpaired) electrons. The molecule has 0 saturated heterocycles. The van der Waals surface area contributed by atoms with Crippen LogP contribution >= 0.6 is 0 Å². The zero-order chi connectivity index (χ0) is 25.3. The number of carbonyl (C=O) groups excluding carboxylic acids is 2. The van der Waals surface area contributed by atoms with Crippen LogP contribution in [0.15, 0.2) is 119 Å². The van der Waals surface area contributed by atoms with Gasteiger partial charge in [0.1, 0.15) is 0 Å². The van der Waals surface area contributed by atoms with Crippen molar-refractivity contribution in [3.8, 4) is 0 Å². The smallest absolute Gasteiger partial charge is 0.331 e. The van der Waals surface area contributed by atoms with Crippen molar-refractivity contribution in [1.82, 2.24) is 10.9 Å². The van der Waals surface area contributed by atoms with Crippen LogP contribution in [0, 0.1) is 0 Å². The number of anilines is 2. The van der Waals surface area contributed by atoms with Gasteiger partial charge in [0.2, 0.25) is 0 Å². The topological polar surface area (TPSA) is 135 Å². The molecule has 4 aromatic rings. The van der Waals surface area contributed by atoms with E-state index in [-0.39, 0.29) is 0 Å². The minimum absolute atomic E-state index is 0.479. The molecule has 0 heterocycles. The summed E-state index contributed by atoms with van der Waals surface area (Å²) in [5.74, 6) is -1.93. The van der Waals surface area contributed by atoms with E-state index < -0.39 is 11.8 Å². The molecule has 36 heavy (non-hydrogen) atoms. The third kappa shape index (κ3) is 6.00. The Bertz CT molecular complexity index is 1290. The molecule has 0 atom stereocenters. The summed E-state index contributed by atoms with van der Waals surface area (Å²) in [6.07, 6.45) is 0.